The van der Waals surface area contributed by atoms with Crippen LogP contribution in [0.3, 0.4) is 0 Å². The van der Waals surface area contributed by atoms with Gasteiger partial charge in [0, 0.05) is 20.3 Å². The molecular formula is C16H28O3Si. The molecule has 0 aromatic heterocycles. The second-order valence-corrected chi connectivity index (χ2v) is 7.92. The van der Waals surface area contributed by atoms with Crippen LogP contribution in [0.25, 0.3) is 0 Å². The largest absolute Gasteiger partial charge is 0.500 e. The Bertz CT molecular complexity index is 352. The first-order chi connectivity index (χ1) is 9.71. The molecule has 0 saturated heterocycles. The molecule has 0 aliphatic rings. The van der Waals surface area contributed by atoms with E-state index < -0.39 is 8.80 Å². The van der Waals surface area contributed by atoms with Gasteiger partial charge in [-0.3, -0.25) is 0 Å². The van der Waals surface area contributed by atoms with Crippen LogP contribution in [0.4, 0.5) is 0 Å². The van der Waals surface area contributed by atoms with Crippen molar-refractivity contribution in [3.63, 3.8) is 0 Å². The Morgan fingerprint density at radius 3 is 2.15 bits per heavy atom. The van der Waals surface area contributed by atoms with Gasteiger partial charge in [-0.1, -0.05) is 63.4 Å². The van der Waals surface area contributed by atoms with E-state index in [0.717, 1.165) is 31.7 Å². The molecule has 4 heteroatoms. The lowest BCUT2D eigenvalue weighted by atomic mass is 10.0. The molecule has 0 aliphatic heterocycles. The summed E-state index contributed by atoms with van der Waals surface area (Å²) in [6.07, 6.45) is 4.38. The predicted octanol–water partition coefficient (Wildman–Crippen LogP) is 4.58. The molecule has 1 rings (SSSR count). The highest BCUT2D eigenvalue weighted by atomic mass is 28.4. The van der Waals surface area contributed by atoms with Crippen LogP contribution in [0, 0.1) is 0 Å². The van der Waals surface area contributed by atoms with E-state index >= 15 is 0 Å². The van der Waals surface area contributed by atoms with Crippen molar-refractivity contribution in [2.45, 2.75) is 51.7 Å². The third-order valence-corrected chi connectivity index (χ3v) is 6.49. The standard InChI is InChI=1S/C16H28O3Si/c1-5-7-13-16(15-11-9-8-10-12-15)19-20(17-3,18-4)14-6-2/h8-12,16H,5-7,13-14H2,1-4H3. The fourth-order valence-electron chi connectivity index (χ4n) is 2.32. The second-order valence-electron chi connectivity index (χ2n) is 5.00. The van der Waals surface area contributed by atoms with E-state index in [9.17, 15) is 0 Å². The van der Waals surface area contributed by atoms with Gasteiger partial charge in [-0.05, 0) is 12.0 Å². The van der Waals surface area contributed by atoms with Crippen LogP contribution in [-0.2, 0) is 13.3 Å². The third kappa shape index (κ3) is 5.02. The minimum atomic E-state index is -2.54. The predicted molar refractivity (Wildman–Crippen MR) is 84.7 cm³/mol. The van der Waals surface area contributed by atoms with E-state index in [-0.39, 0.29) is 6.10 Å². The molecule has 1 aromatic rings. The normalized spacial score (nSPS) is 13.4. The Morgan fingerprint density at radius 2 is 1.65 bits per heavy atom. The van der Waals surface area contributed by atoms with Crippen LogP contribution in [-0.4, -0.2) is 23.0 Å². The van der Waals surface area contributed by atoms with E-state index in [4.69, 9.17) is 13.3 Å². The van der Waals surface area contributed by atoms with Crippen LogP contribution in [0.5, 0.6) is 0 Å². The molecule has 0 heterocycles. The van der Waals surface area contributed by atoms with Gasteiger partial charge in [-0.15, -0.1) is 0 Å². The molecule has 0 N–H and O–H groups in total. The maximum absolute atomic E-state index is 6.36. The van der Waals surface area contributed by atoms with E-state index in [2.05, 4.69) is 38.1 Å². The first kappa shape index (κ1) is 17.4. The number of hydrogen-bond donors (Lipinski definition) is 0. The Balaban J connectivity index is 2.87. The van der Waals surface area contributed by atoms with Gasteiger partial charge in [0.15, 0.2) is 0 Å². The van der Waals surface area contributed by atoms with Gasteiger partial charge in [0.1, 0.15) is 0 Å². The zero-order chi connectivity index (χ0) is 14.8. The summed E-state index contributed by atoms with van der Waals surface area (Å²) in [4.78, 5) is 0. The number of unbranched alkanes of at least 4 members (excludes halogenated alkanes) is 1. The SMILES string of the molecule is CCCCC(O[Si](CCC)(OC)OC)c1ccccc1. The van der Waals surface area contributed by atoms with Crippen molar-refractivity contribution in [2.24, 2.45) is 0 Å². The van der Waals surface area contributed by atoms with Crippen LogP contribution >= 0.6 is 0 Å². The summed E-state index contributed by atoms with van der Waals surface area (Å²) < 4.78 is 17.7. The van der Waals surface area contributed by atoms with Crippen molar-refractivity contribution >= 4 is 8.80 Å². The quantitative estimate of drug-likeness (QED) is 0.592. The number of benzene rings is 1. The molecule has 20 heavy (non-hydrogen) atoms. The molecule has 0 fully saturated rings. The molecule has 0 spiro atoms. The highest BCUT2D eigenvalue weighted by Crippen LogP contribution is 2.30. The molecule has 0 bridgehead atoms. The van der Waals surface area contributed by atoms with E-state index in [1.165, 1.54) is 5.56 Å². The molecule has 3 nitrogen and oxygen atoms in total. The minimum Gasteiger partial charge on any atom is -0.377 e. The molecule has 1 unspecified atom stereocenters. The van der Waals surface area contributed by atoms with Crippen LogP contribution in [0.1, 0.15) is 51.2 Å². The minimum absolute atomic E-state index is 0.0641. The number of rotatable bonds is 10. The van der Waals surface area contributed by atoms with Crippen molar-refractivity contribution in [1.29, 1.82) is 0 Å². The van der Waals surface area contributed by atoms with Gasteiger partial charge in [0.05, 0.1) is 6.10 Å². The molecule has 1 atom stereocenters. The first-order valence-electron chi connectivity index (χ1n) is 7.54. The highest BCUT2D eigenvalue weighted by molar-refractivity contribution is 6.60. The maximum Gasteiger partial charge on any atom is 0.500 e. The van der Waals surface area contributed by atoms with Crippen LogP contribution < -0.4 is 0 Å². The molecule has 0 amide bonds. The summed E-state index contributed by atoms with van der Waals surface area (Å²) in [6.45, 7) is 4.33. The Hall–Kier alpha value is -0.683. The van der Waals surface area contributed by atoms with E-state index in [1.54, 1.807) is 14.2 Å². The average Bonchev–Trinajstić information content (AvgIpc) is 2.51. The molecule has 0 radical (unpaired) electrons. The van der Waals surface area contributed by atoms with E-state index in [1.807, 2.05) is 6.07 Å². The van der Waals surface area contributed by atoms with Crippen LogP contribution in [0.2, 0.25) is 6.04 Å². The van der Waals surface area contributed by atoms with Gasteiger partial charge >= 0.3 is 8.80 Å². The molecule has 0 aliphatic carbocycles. The van der Waals surface area contributed by atoms with E-state index in [0.29, 0.717) is 0 Å². The molecule has 0 saturated carbocycles. The second kappa shape index (κ2) is 9.29. The summed E-state index contributed by atoms with van der Waals surface area (Å²) >= 11 is 0. The smallest absolute Gasteiger partial charge is 0.377 e. The summed E-state index contributed by atoms with van der Waals surface area (Å²) in [6, 6.07) is 11.2. The van der Waals surface area contributed by atoms with Crippen molar-refractivity contribution in [3.8, 4) is 0 Å². The Labute approximate surface area is 124 Å². The van der Waals surface area contributed by atoms with Crippen LogP contribution in [0.15, 0.2) is 30.3 Å². The van der Waals surface area contributed by atoms with Gasteiger partial charge in [-0.2, -0.15) is 0 Å². The molecule has 114 valence electrons. The maximum atomic E-state index is 6.36. The average molecular weight is 296 g/mol. The lowest BCUT2D eigenvalue weighted by Gasteiger charge is -2.31. The van der Waals surface area contributed by atoms with Gasteiger partial charge in [0.25, 0.3) is 0 Å². The summed E-state index contributed by atoms with van der Waals surface area (Å²) in [7, 11) is 0.864. The molecular weight excluding hydrogens is 268 g/mol. The lowest BCUT2D eigenvalue weighted by molar-refractivity contribution is 0.0493. The van der Waals surface area contributed by atoms with Crippen molar-refractivity contribution in [3.05, 3.63) is 35.9 Å². The third-order valence-electron chi connectivity index (χ3n) is 3.49. The summed E-state index contributed by atoms with van der Waals surface area (Å²) in [5.74, 6) is 0. The monoisotopic (exact) mass is 296 g/mol. The fourth-order valence-corrected chi connectivity index (χ4v) is 4.50. The van der Waals surface area contributed by atoms with Crippen molar-refractivity contribution in [2.75, 3.05) is 14.2 Å². The van der Waals surface area contributed by atoms with Gasteiger partial charge in [0.2, 0.25) is 0 Å². The lowest BCUT2D eigenvalue weighted by Crippen LogP contribution is -2.44. The fraction of sp³-hybridized carbons (Fsp3) is 0.625. The summed E-state index contributed by atoms with van der Waals surface area (Å²) in [5, 5.41) is 0. The topological polar surface area (TPSA) is 27.7 Å². The summed E-state index contributed by atoms with van der Waals surface area (Å²) in [5.41, 5.74) is 1.21. The van der Waals surface area contributed by atoms with Crippen molar-refractivity contribution < 1.29 is 13.3 Å². The highest BCUT2D eigenvalue weighted by Gasteiger charge is 2.40. The molecule has 1 aromatic carbocycles. The first-order valence-corrected chi connectivity index (χ1v) is 9.47. The van der Waals surface area contributed by atoms with Gasteiger partial charge in [-0.25, -0.2) is 0 Å². The Morgan fingerprint density at radius 1 is 1.00 bits per heavy atom. The van der Waals surface area contributed by atoms with Gasteiger partial charge < -0.3 is 13.3 Å². The van der Waals surface area contributed by atoms with Crippen molar-refractivity contribution in [1.82, 2.24) is 0 Å². The Kier molecular flexibility index (Phi) is 8.07. The zero-order valence-electron chi connectivity index (χ0n) is 13.2. The number of hydrogen-bond acceptors (Lipinski definition) is 3. The zero-order valence-corrected chi connectivity index (χ0v) is 14.2.